The molecule has 5 nitrogen and oxygen atoms in total. The van der Waals surface area contributed by atoms with Gasteiger partial charge in [-0.25, -0.2) is 0 Å². The molecule has 1 aliphatic carbocycles. The molecule has 8 heteroatoms. The average molecular weight is 729 g/mol. The molecule has 0 spiro atoms. The number of rotatable bonds is 11. The van der Waals surface area contributed by atoms with Crippen molar-refractivity contribution in [3.05, 3.63) is 130 Å². The number of benzene rings is 4. The van der Waals surface area contributed by atoms with Crippen LogP contribution < -0.4 is 10.4 Å². The average Bonchev–Trinajstić information content (AvgIpc) is 3.94. The van der Waals surface area contributed by atoms with Crippen LogP contribution in [0.4, 0.5) is 0 Å². The van der Waals surface area contributed by atoms with Crippen LogP contribution in [0, 0.1) is 11.3 Å². The molecule has 2 aliphatic rings. The van der Waals surface area contributed by atoms with Gasteiger partial charge in [-0.05, 0) is 76.0 Å². The number of hydrogen-bond acceptors (Lipinski definition) is 4. The monoisotopic (exact) mass is 727 g/mol. The van der Waals surface area contributed by atoms with Gasteiger partial charge in [-0.2, -0.15) is 0 Å². The highest BCUT2D eigenvalue weighted by molar-refractivity contribution is 6.99. The van der Waals surface area contributed by atoms with E-state index in [9.17, 15) is 4.79 Å². The molecule has 50 heavy (non-hydrogen) atoms. The number of methoxy groups -OCH3 is 1. The van der Waals surface area contributed by atoms with Gasteiger partial charge >= 0.3 is 5.97 Å². The van der Waals surface area contributed by atoms with Crippen molar-refractivity contribution in [2.24, 2.45) is 11.3 Å². The Morgan fingerprint density at radius 3 is 1.98 bits per heavy atom. The fourth-order valence-corrected chi connectivity index (χ4v) is 13.1. The molecule has 0 radical (unpaired) electrons. The number of nitrogens with zero attached hydrogens (tertiary/aromatic N) is 1. The van der Waals surface area contributed by atoms with Crippen LogP contribution >= 0.6 is 23.2 Å². The first-order chi connectivity index (χ1) is 23.9. The van der Waals surface area contributed by atoms with Crippen molar-refractivity contribution in [2.45, 2.75) is 76.4 Å². The Balaban J connectivity index is 1.52. The lowest BCUT2D eigenvalue weighted by Gasteiger charge is -2.53. The number of carbonyl (C=O) groups excluding carboxylic acids is 2. The standard InChI is InChI=1S/C42H47Cl2NO4Si/c1-41(2,3)50(34-15-8-6-9-16-34,35-17-10-7-11-18-35)49-28-37(29-19-20-29)45-39(30-21-23-32(43)24-22-30)36(31-13-12-14-33(44)25-31)26-42(4,40(45)47)27-38(46)48-5/h6-18,21-25,29,36-37,39H,19-20,26-28H2,1-5H3. The van der Waals surface area contributed by atoms with E-state index in [4.69, 9.17) is 32.4 Å². The maximum Gasteiger partial charge on any atom is 0.306 e. The second-order valence-electron chi connectivity index (χ2n) is 15.3. The van der Waals surface area contributed by atoms with E-state index in [1.807, 2.05) is 61.5 Å². The zero-order valence-electron chi connectivity index (χ0n) is 29.6. The topological polar surface area (TPSA) is 55.8 Å². The van der Waals surface area contributed by atoms with E-state index in [2.05, 4.69) is 80.3 Å². The highest BCUT2D eigenvalue weighted by atomic mass is 35.5. The van der Waals surface area contributed by atoms with Gasteiger partial charge in [0.15, 0.2) is 0 Å². The summed E-state index contributed by atoms with van der Waals surface area (Å²) in [5.74, 6) is -0.352. The van der Waals surface area contributed by atoms with Gasteiger partial charge in [0.2, 0.25) is 5.91 Å². The number of carbonyl (C=O) groups is 2. The summed E-state index contributed by atoms with van der Waals surface area (Å²) in [6.07, 6.45) is 2.44. The zero-order valence-corrected chi connectivity index (χ0v) is 32.1. The summed E-state index contributed by atoms with van der Waals surface area (Å²) in [4.78, 5) is 30.3. The van der Waals surface area contributed by atoms with Crippen LogP contribution in [0.5, 0.6) is 0 Å². The van der Waals surface area contributed by atoms with E-state index in [1.54, 1.807) is 0 Å². The van der Waals surface area contributed by atoms with Gasteiger partial charge in [-0.15, -0.1) is 0 Å². The minimum atomic E-state index is -2.93. The van der Waals surface area contributed by atoms with E-state index in [-0.39, 0.29) is 41.3 Å². The maximum atomic E-state index is 15.3. The second-order valence-corrected chi connectivity index (χ2v) is 20.4. The van der Waals surface area contributed by atoms with Crippen molar-refractivity contribution >= 4 is 53.8 Å². The minimum absolute atomic E-state index is 0.0177. The van der Waals surface area contributed by atoms with Crippen LogP contribution in [0.25, 0.3) is 0 Å². The summed E-state index contributed by atoms with van der Waals surface area (Å²) in [7, 11) is -1.55. The lowest BCUT2D eigenvalue weighted by Crippen LogP contribution is -2.68. The van der Waals surface area contributed by atoms with Crippen molar-refractivity contribution in [1.29, 1.82) is 0 Å². The van der Waals surface area contributed by atoms with Crippen LogP contribution in [-0.2, 0) is 18.8 Å². The molecule has 1 aliphatic heterocycles. The Morgan fingerprint density at radius 1 is 0.860 bits per heavy atom. The maximum absolute atomic E-state index is 15.3. The molecule has 2 fully saturated rings. The van der Waals surface area contributed by atoms with E-state index >= 15 is 4.79 Å². The molecule has 4 atom stereocenters. The van der Waals surface area contributed by atoms with E-state index in [0.29, 0.717) is 23.1 Å². The van der Waals surface area contributed by atoms with Crippen molar-refractivity contribution in [2.75, 3.05) is 13.7 Å². The highest BCUT2D eigenvalue weighted by Crippen LogP contribution is 2.54. The zero-order chi connectivity index (χ0) is 35.7. The molecule has 0 bridgehead atoms. The number of piperidine rings is 1. The molecule has 0 aromatic heterocycles. The smallest absolute Gasteiger partial charge is 0.306 e. The lowest BCUT2D eigenvalue weighted by molar-refractivity contribution is -0.163. The third-order valence-corrected chi connectivity index (χ3v) is 16.3. The lowest BCUT2D eigenvalue weighted by atomic mass is 9.67. The molecular weight excluding hydrogens is 681 g/mol. The highest BCUT2D eigenvalue weighted by Gasteiger charge is 2.56. The molecule has 1 amide bonds. The summed E-state index contributed by atoms with van der Waals surface area (Å²) in [6.45, 7) is 9.11. The van der Waals surface area contributed by atoms with Crippen molar-refractivity contribution < 1.29 is 18.8 Å². The predicted molar refractivity (Wildman–Crippen MR) is 205 cm³/mol. The quantitative estimate of drug-likeness (QED) is 0.114. The van der Waals surface area contributed by atoms with Gasteiger partial charge < -0.3 is 14.1 Å². The van der Waals surface area contributed by atoms with E-state index in [0.717, 1.165) is 24.0 Å². The molecule has 4 aromatic carbocycles. The summed E-state index contributed by atoms with van der Waals surface area (Å²) in [5.41, 5.74) is 1.01. The van der Waals surface area contributed by atoms with Crippen LogP contribution in [0.1, 0.15) is 76.5 Å². The van der Waals surface area contributed by atoms with E-state index < -0.39 is 19.7 Å². The molecule has 0 N–H and O–H groups in total. The molecule has 4 unspecified atom stereocenters. The molecule has 262 valence electrons. The normalized spacial score (nSPS) is 21.9. The van der Waals surface area contributed by atoms with Crippen LogP contribution in [0.3, 0.4) is 0 Å². The Morgan fingerprint density at radius 2 is 1.46 bits per heavy atom. The molecule has 6 rings (SSSR count). The third kappa shape index (κ3) is 7.18. The number of esters is 1. The third-order valence-electron chi connectivity index (χ3n) is 10.8. The number of halogens is 2. The fraction of sp³-hybridized carbons (Fsp3) is 0.381. The Kier molecular flexibility index (Phi) is 10.7. The summed E-state index contributed by atoms with van der Waals surface area (Å²) < 4.78 is 12.7. The second kappa shape index (κ2) is 14.7. The first-order valence-corrected chi connectivity index (χ1v) is 20.2. The molecule has 1 heterocycles. The largest absolute Gasteiger partial charge is 0.469 e. The van der Waals surface area contributed by atoms with Gasteiger partial charge in [-0.3, -0.25) is 9.59 Å². The summed E-state index contributed by atoms with van der Waals surface area (Å²) >= 11 is 13.0. The minimum Gasteiger partial charge on any atom is -0.469 e. The Labute approximate surface area is 308 Å². The van der Waals surface area contributed by atoms with Crippen LogP contribution in [0.15, 0.2) is 109 Å². The predicted octanol–water partition coefficient (Wildman–Crippen LogP) is 8.98. The number of amides is 1. The van der Waals surface area contributed by atoms with Gasteiger partial charge in [0, 0.05) is 16.0 Å². The fourth-order valence-electron chi connectivity index (χ4n) is 8.20. The van der Waals surface area contributed by atoms with Gasteiger partial charge in [-0.1, -0.05) is 136 Å². The number of hydrogen-bond donors (Lipinski definition) is 0. The van der Waals surface area contributed by atoms with Crippen molar-refractivity contribution in [3.8, 4) is 0 Å². The van der Waals surface area contributed by atoms with Crippen molar-refractivity contribution in [1.82, 2.24) is 4.90 Å². The summed E-state index contributed by atoms with van der Waals surface area (Å²) in [5, 5.41) is 3.42. The SMILES string of the molecule is COC(=O)CC1(C)CC(c2cccc(Cl)c2)C(c2ccc(Cl)cc2)N(C(CO[Si](c2ccccc2)(c2ccccc2)C(C)(C)C)C2CC2)C1=O. The van der Waals surface area contributed by atoms with Gasteiger partial charge in [0.25, 0.3) is 8.32 Å². The van der Waals surface area contributed by atoms with Crippen molar-refractivity contribution in [3.63, 3.8) is 0 Å². The first-order valence-electron chi connectivity index (χ1n) is 17.5. The molecular formula is C42H47Cl2NO4Si. The number of likely N-dealkylation sites (tertiary alicyclic amines) is 1. The molecule has 1 saturated carbocycles. The number of ether oxygens (including phenoxy) is 1. The molecule has 4 aromatic rings. The Bertz CT molecular complexity index is 1750. The Hall–Kier alpha value is -3.42. The van der Waals surface area contributed by atoms with Gasteiger partial charge in [0.05, 0.1) is 37.6 Å². The molecule has 1 saturated heterocycles. The van der Waals surface area contributed by atoms with E-state index in [1.165, 1.54) is 17.5 Å². The van der Waals surface area contributed by atoms with Crippen LogP contribution in [0.2, 0.25) is 15.1 Å². The first kappa shape index (κ1) is 36.4. The summed E-state index contributed by atoms with van der Waals surface area (Å²) in [6, 6.07) is 36.4. The van der Waals surface area contributed by atoms with Crippen LogP contribution in [-0.4, -0.2) is 44.9 Å². The van der Waals surface area contributed by atoms with Gasteiger partial charge in [0.1, 0.15) is 0 Å².